The van der Waals surface area contributed by atoms with Crippen LogP contribution < -0.4 is 5.32 Å². The third-order valence-corrected chi connectivity index (χ3v) is 3.50. The van der Waals surface area contributed by atoms with Crippen molar-refractivity contribution in [1.29, 1.82) is 5.26 Å². The summed E-state index contributed by atoms with van der Waals surface area (Å²) in [7, 11) is 0. The van der Waals surface area contributed by atoms with Crippen LogP contribution in [0.1, 0.15) is 32.1 Å². The third-order valence-electron chi connectivity index (χ3n) is 3.50. The van der Waals surface area contributed by atoms with E-state index in [9.17, 15) is 5.26 Å². The predicted octanol–water partition coefficient (Wildman–Crippen LogP) is 1.45. The van der Waals surface area contributed by atoms with E-state index in [0.717, 1.165) is 39.0 Å². The Morgan fingerprint density at radius 2 is 2.29 bits per heavy atom. The SMILES string of the molecule is N#CC1(C2CCCOC2)CCCCN1. The van der Waals surface area contributed by atoms with Crippen LogP contribution in [0.5, 0.6) is 0 Å². The van der Waals surface area contributed by atoms with Crippen LogP contribution in [0.2, 0.25) is 0 Å². The summed E-state index contributed by atoms with van der Waals surface area (Å²) in [6.45, 7) is 2.63. The first kappa shape index (κ1) is 9.95. The van der Waals surface area contributed by atoms with Gasteiger partial charge in [-0.2, -0.15) is 5.26 Å². The molecule has 0 aromatic heterocycles. The van der Waals surface area contributed by atoms with Crippen LogP contribution in [-0.2, 0) is 4.74 Å². The van der Waals surface area contributed by atoms with Crippen LogP contribution in [0.15, 0.2) is 0 Å². The topological polar surface area (TPSA) is 45.0 Å². The van der Waals surface area contributed by atoms with Gasteiger partial charge in [0.05, 0.1) is 12.7 Å². The second-order valence-electron chi connectivity index (χ2n) is 4.38. The Bertz CT molecular complexity index is 222. The van der Waals surface area contributed by atoms with E-state index in [4.69, 9.17) is 4.74 Å². The van der Waals surface area contributed by atoms with E-state index in [0.29, 0.717) is 5.92 Å². The molecular formula is C11H18N2O. The van der Waals surface area contributed by atoms with Crippen molar-refractivity contribution in [3.63, 3.8) is 0 Å². The summed E-state index contributed by atoms with van der Waals surface area (Å²) in [6.07, 6.45) is 5.63. The zero-order valence-corrected chi connectivity index (χ0v) is 8.59. The van der Waals surface area contributed by atoms with Gasteiger partial charge in [-0.3, -0.25) is 5.32 Å². The molecule has 2 atom stereocenters. The van der Waals surface area contributed by atoms with Gasteiger partial charge in [0.2, 0.25) is 0 Å². The maximum absolute atomic E-state index is 9.33. The van der Waals surface area contributed by atoms with Crippen LogP contribution >= 0.6 is 0 Å². The van der Waals surface area contributed by atoms with Gasteiger partial charge in [-0.05, 0) is 38.6 Å². The highest BCUT2D eigenvalue weighted by Gasteiger charge is 2.40. The molecule has 1 N–H and O–H groups in total. The summed E-state index contributed by atoms with van der Waals surface area (Å²) in [4.78, 5) is 0. The van der Waals surface area contributed by atoms with Crippen LogP contribution in [0.25, 0.3) is 0 Å². The lowest BCUT2D eigenvalue weighted by molar-refractivity contribution is 0.0183. The average molecular weight is 194 g/mol. The second-order valence-corrected chi connectivity index (χ2v) is 4.38. The van der Waals surface area contributed by atoms with Crippen LogP contribution in [0.4, 0.5) is 0 Å². The smallest absolute Gasteiger partial charge is 0.111 e. The van der Waals surface area contributed by atoms with Crippen molar-refractivity contribution in [3.05, 3.63) is 0 Å². The maximum atomic E-state index is 9.33. The highest BCUT2D eigenvalue weighted by atomic mass is 16.5. The van der Waals surface area contributed by atoms with Gasteiger partial charge >= 0.3 is 0 Å². The fourth-order valence-electron chi connectivity index (χ4n) is 2.59. The van der Waals surface area contributed by atoms with Crippen molar-refractivity contribution in [1.82, 2.24) is 5.32 Å². The summed E-state index contributed by atoms with van der Waals surface area (Å²) in [6, 6.07) is 2.50. The number of nitrogens with one attached hydrogen (secondary N) is 1. The Hall–Kier alpha value is -0.590. The molecule has 0 spiro atoms. The number of rotatable bonds is 1. The van der Waals surface area contributed by atoms with E-state index < -0.39 is 0 Å². The van der Waals surface area contributed by atoms with Crippen molar-refractivity contribution < 1.29 is 4.74 Å². The Morgan fingerprint density at radius 1 is 1.36 bits per heavy atom. The van der Waals surface area contributed by atoms with Crippen molar-refractivity contribution in [3.8, 4) is 6.07 Å². The molecule has 0 radical (unpaired) electrons. The minimum Gasteiger partial charge on any atom is -0.381 e. The lowest BCUT2D eigenvalue weighted by Gasteiger charge is -2.40. The molecular weight excluding hydrogens is 176 g/mol. The second kappa shape index (κ2) is 4.29. The molecule has 2 heterocycles. The van der Waals surface area contributed by atoms with Gasteiger partial charge in [0.25, 0.3) is 0 Å². The first-order valence-electron chi connectivity index (χ1n) is 5.61. The standard InChI is InChI=1S/C11H18N2O/c12-9-11(5-1-2-6-13-11)10-4-3-7-14-8-10/h10,13H,1-8H2. The fourth-order valence-corrected chi connectivity index (χ4v) is 2.59. The van der Waals surface area contributed by atoms with E-state index >= 15 is 0 Å². The lowest BCUT2D eigenvalue weighted by atomic mass is 9.76. The number of piperidine rings is 1. The molecule has 3 heteroatoms. The highest BCUT2D eigenvalue weighted by Crippen LogP contribution is 2.32. The van der Waals surface area contributed by atoms with Crippen LogP contribution in [0.3, 0.4) is 0 Å². The van der Waals surface area contributed by atoms with E-state index in [1.165, 1.54) is 12.8 Å². The Morgan fingerprint density at radius 3 is 2.86 bits per heavy atom. The number of ether oxygens (including phenoxy) is 1. The molecule has 0 aromatic rings. The minimum atomic E-state index is -0.279. The molecule has 0 bridgehead atoms. The van der Waals surface area contributed by atoms with Gasteiger partial charge < -0.3 is 4.74 Å². The van der Waals surface area contributed by atoms with E-state index in [2.05, 4.69) is 11.4 Å². The quantitative estimate of drug-likeness (QED) is 0.687. The van der Waals surface area contributed by atoms with Gasteiger partial charge in [0, 0.05) is 12.5 Å². The van der Waals surface area contributed by atoms with Gasteiger partial charge in [0.1, 0.15) is 5.54 Å². The van der Waals surface area contributed by atoms with Gasteiger partial charge in [-0.15, -0.1) is 0 Å². The van der Waals surface area contributed by atoms with Crippen molar-refractivity contribution >= 4 is 0 Å². The van der Waals surface area contributed by atoms with Gasteiger partial charge in [0.15, 0.2) is 0 Å². The molecule has 2 aliphatic heterocycles. The Labute approximate surface area is 85.4 Å². The van der Waals surface area contributed by atoms with Crippen LogP contribution in [0, 0.1) is 17.2 Å². The molecule has 0 aliphatic carbocycles. The maximum Gasteiger partial charge on any atom is 0.111 e. The first-order chi connectivity index (χ1) is 6.87. The molecule has 2 unspecified atom stereocenters. The molecule has 2 aliphatic rings. The zero-order chi connectivity index (χ0) is 9.86. The largest absolute Gasteiger partial charge is 0.381 e. The molecule has 0 aromatic carbocycles. The third kappa shape index (κ3) is 1.77. The molecule has 14 heavy (non-hydrogen) atoms. The average Bonchev–Trinajstić information content (AvgIpc) is 2.31. The van der Waals surface area contributed by atoms with Gasteiger partial charge in [-0.25, -0.2) is 0 Å². The van der Waals surface area contributed by atoms with Gasteiger partial charge in [-0.1, -0.05) is 0 Å². The summed E-state index contributed by atoms with van der Waals surface area (Å²) in [5, 5.41) is 12.7. The molecule has 0 amide bonds. The molecule has 3 nitrogen and oxygen atoms in total. The number of nitriles is 1. The number of hydrogen-bond acceptors (Lipinski definition) is 3. The van der Waals surface area contributed by atoms with E-state index in [1.54, 1.807) is 0 Å². The molecule has 78 valence electrons. The monoisotopic (exact) mass is 194 g/mol. The summed E-state index contributed by atoms with van der Waals surface area (Å²) < 4.78 is 5.47. The molecule has 2 saturated heterocycles. The number of nitrogens with zero attached hydrogens (tertiary/aromatic N) is 1. The Kier molecular flexibility index (Phi) is 3.05. The predicted molar refractivity (Wildman–Crippen MR) is 53.7 cm³/mol. The van der Waals surface area contributed by atoms with Crippen LogP contribution in [-0.4, -0.2) is 25.3 Å². The minimum absolute atomic E-state index is 0.279. The number of hydrogen-bond donors (Lipinski definition) is 1. The summed E-state index contributed by atoms with van der Waals surface area (Å²) >= 11 is 0. The van der Waals surface area contributed by atoms with E-state index in [1.807, 2.05) is 0 Å². The lowest BCUT2D eigenvalue weighted by Crippen LogP contribution is -2.55. The molecule has 0 saturated carbocycles. The normalized spacial score (nSPS) is 38.9. The Balaban J connectivity index is 2.06. The van der Waals surface area contributed by atoms with Crippen molar-refractivity contribution in [2.24, 2.45) is 5.92 Å². The molecule has 2 rings (SSSR count). The zero-order valence-electron chi connectivity index (χ0n) is 8.59. The molecule has 2 fully saturated rings. The van der Waals surface area contributed by atoms with Crippen molar-refractivity contribution in [2.45, 2.75) is 37.6 Å². The first-order valence-corrected chi connectivity index (χ1v) is 5.61. The van der Waals surface area contributed by atoms with Crippen molar-refractivity contribution in [2.75, 3.05) is 19.8 Å². The fraction of sp³-hybridized carbons (Fsp3) is 0.909. The highest BCUT2D eigenvalue weighted by molar-refractivity contribution is 5.12. The summed E-state index contributed by atoms with van der Waals surface area (Å²) in [5.41, 5.74) is -0.279. The summed E-state index contributed by atoms with van der Waals surface area (Å²) in [5.74, 6) is 0.404. The van der Waals surface area contributed by atoms with E-state index in [-0.39, 0.29) is 5.54 Å².